The van der Waals surface area contributed by atoms with Crippen molar-refractivity contribution in [3.63, 3.8) is 0 Å². The Kier molecular flexibility index (Phi) is 3.00. The summed E-state index contributed by atoms with van der Waals surface area (Å²) in [4.78, 5) is 16.3. The lowest BCUT2D eigenvalue weighted by atomic mass is 10.2. The van der Waals surface area contributed by atoms with E-state index in [1.807, 2.05) is 4.98 Å². The molecule has 0 aliphatic rings. The fourth-order valence-electron chi connectivity index (χ4n) is 1.38. The lowest BCUT2D eigenvalue weighted by Crippen LogP contribution is -2.18. The van der Waals surface area contributed by atoms with Gasteiger partial charge in [-0.2, -0.15) is 4.39 Å². The molecular formula is C11H9FN2O3S. The van der Waals surface area contributed by atoms with Crippen molar-refractivity contribution in [3.8, 4) is 0 Å². The molecule has 0 spiro atoms. The van der Waals surface area contributed by atoms with Gasteiger partial charge in [0.2, 0.25) is 20.7 Å². The van der Waals surface area contributed by atoms with E-state index >= 15 is 0 Å². The molecule has 5 nitrogen and oxygen atoms in total. The Morgan fingerprint density at radius 1 is 1.22 bits per heavy atom. The van der Waals surface area contributed by atoms with Gasteiger partial charge in [-0.25, -0.2) is 13.4 Å². The van der Waals surface area contributed by atoms with E-state index in [0.29, 0.717) is 0 Å². The van der Waals surface area contributed by atoms with Crippen LogP contribution in [0.15, 0.2) is 45.3 Å². The summed E-state index contributed by atoms with van der Waals surface area (Å²) in [5, 5.41) is -0.866. The molecule has 2 aromatic rings. The molecule has 18 heavy (non-hydrogen) atoms. The molecule has 0 aliphatic carbocycles. The summed E-state index contributed by atoms with van der Waals surface area (Å²) in [6.45, 7) is 1.79. The van der Waals surface area contributed by atoms with E-state index in [0.717, 1.165) is 11.9 Å². The molecule has 0 atom stereocenters. The molecule has 0 fully saturated rings. The number of nitrogens with one attached hydrogen (secondary N) is 1. The number of hydrogen-bond acceptors (Lipinski definition) is 4. The predicted octanol–water partition coefficient (Wildman–Crippen LogP) is 1.05. The minimum Gasteiger partial charge on any atom is -0.311 e. The molecule has 1 heterocycles. The van der Waals surface area contributed by atoms with Crippen LogP contribution < -0.4 is 5.56 Å². The third-order valence-corrected chi connectivity index (χ3v) is 4.04. The highest BCUT2D eigenvalue weighted by atomic mass is 32.2. The van der Waals surface area contributed by atoms with Gasteiger partial charge in [0, 0.05) is 0 Å². The standard InChI is InChI=1S/C11H9FN2O3S/c1-7-2-4-8(5-3-7)18(16,17)11-9(12)10(15)13-6-14-11/h2-6H,1H3,(H,13,14,15). The average Bonchev–Trinajstić information content (AvgIpc) is 2.33. The molecule has 2 rings (SSSR count). The second kappa shape index (κ2) is 4.34. The molecule has 0 unspecified atom stereocenters. The Morgan fingerprint density at radius 3 is 2.44 bits per heavy atom. The maximum absolute atomic E-state index is 13.5. The molecule has 0 amide bonds. The van der Waals surface area contributed by atoms with E-state index in [9.17, 15) is 17.6 Å². The van der Waals surface area contributed by atoms with Gasteiger partial charge < -0.3 is 4.98 Å². The van der Waals surface area contributed by atoms with Crippen LogP contribution in [-0.2, 0) is 9.84 Å². The number of halogens is 1. The zero-order valence-corrected chi connectivity index (χ0v) is 10.2. The van der Waals surface area contributed by atoms with E-state index in [4.69, 9.17) is 0 Å². The maximum Gasteiger partial charge on any atom is 0.288 e. The fraction of sp³-hybridized carbons (Fsp3) is 0.0909. The number of H-pyrrole nitrogens is 1. The number of sulfone groups is 1. The number of aryl methyl sites for hydroxylation is 1. The maximum atomic E-state index is 13.5. The summed E-state index contributed by atoms with van der Waals surface area (Å²) in [5.41, 5.74) is -0.246. The van der Waals surface area contributed by atoms with Crippen molar-refractivity contribution in [2.75, 3.05) is 0 Å². The Balaban J connectivity index is 2.66. The third kappa shape index (κ3) is 2.04. The van der Waals surface area contributed by atoms with Crippen LogP contribution in [0.1, 0.15) is 5.56 Å². The molecule has 0 saturated carbocycles. The molecule has 1 aromatic heterocycles. The Hall–Kier alpha value is -2.02. The van der Waals surface area contributed by atoms with Crippen molar-refractivity contribution in [1.29, 1.82) is 0 Å². The second-order valence-electron chi connectivity index (χ2n) is 3.67. The number of aromatic nitrogens is 2. The Labute approximate surface area is 102 Å². The first kappa shape index (κ1) is 12.4. The second-order valence-corrected chi connectivity index (χ2v) is 5.53. The van der Waals surface area contributed by atoms with Crippen LogP contribution >= 0.6 is 0 Å². The Bertz CT molecular complexity index is 736. The van der Waals surface area contributed by atoms with Gasteiger partial charge in [-0.1, -0.05) is 17.7 Å². The SMILES string of the molecule is Cc1ccc(S(=O)(=O)c2nc[nH]c(=O)c2F)cc1. The van der Waals surface area contributed by atoms with E-state index in [2.05, 4.69) is 4.98 Å². The normalized spacial score (nSPS) is 11.4. The van der Waals surface area contributed by atoms with Crippen molar-refractivity contribution < 1.29 is 12.8 Å². The molecule has 7 heteroatoms. The van der Waals surface area contributed by atoms with Crippen LogP contribution in [0, 0.1) is 12.7 Å². The van der Waals surface area contributed by atoms with Crippen LogP contribution in [0.25, 0.3) is 0 Å². The van der Waals surface area contributed by atoms with E-state index < -0.39 is 26.2 Å². The van der Waals surface area contributed by atoms with Gasteiger partial charge in [0.25, 0.3) is 5.56 Å². The van der Waals surface area contributed by atoms with Gasteiger partial charge in [0.05, 0.1) is 11.2 Å². The van der Waals surface area contributed by atoms with Crippen molar-refractivity contribution in [2.24, 2.45) is 0 Å². The average molecular weight is 268 g/mol. The van der Waals surface area contributed by atoms with Gasteiger partial charge in [-0.3, -0.25) is 4.79 Å². The summed E-state index contributed by atoms with van der Waals surface area (Å²) in [5.74, 6) is -1.40. The van der Waals surface area contributed by atoms with Gasteiger partial charge in [0.15, 0.2) is 0 Å². The minimum absolute atomic E-state index is 0.106. The number of hydrogen-bond donors (Lipinski definition) is 1. The first-order valence-electron chi connectivity index (χ1n) is 4.98. The van der Waals surface area contributed by atoms with Crippen LogP contribution in [0.3, 0.4) is 0 Å². The van der Waals surface area contributed by atoms with Crippen LogP contribution in [0.4, 0.5) is 4.39 Å². The zero-order valence-electron chi connectivity index (χ0n) is 9.34. The number of nitrogens with zero attached hydrogens (tertiary/aromatic N) is 1. The minimum atomic E-state index is -4.12. The highest BCUT2D eigenvalue weighted by Gasteiger charge is 2.25. The number of benzene rings is 1. The lowest BCUT2D eigenvalue weighted by molar-refractivity contribution is 0.539. The van der Waals surface area contributed by atoms with Crippen molar-refractivity contribution >= 4 is 9.84 Å². The summed E-state index contributed by atoms with van der Waals surface area (Å²) in [6, 6.07) is 5.84. The molecule has 0 radical (unpaired) electrons. The number of aromatic amines is 1. The molecule has 94 valence electrons. The lowest BCUT2D eigenvalue weighted by Gasteiger charge is -2.04. The molecule has 1 aromatic carbocycles. The smallest absolute Gasteiger partial charge is 0.288 e. The van der Waals surface area contributed by atoms with E-state index in [1.165, 1.54) is 12.1 Å². The van der Waals surface area contributed by atoms with Crippen LogP contribution in [0.2, 0.25) is 0 Å². The number of rotatable bonds is 2. The topological polar surface area (TPSA) is 79.9 Å². The van der Waals surface area contributed by atoms with E-state index in [-0.39, 0.29) is 4.90 Å². The largest absolute Gasteiger partial charge is 0.311 e. The summed E-state index contributed by atoms with van der Waals surface area (Å²) in [7, 11) is -4.12. The Morgan fingerprint density at radius 2 is 1.83 bits per heavy atom. The van der Waals surface area contributed by atoms with Crippen LogP contribution in [0.5, 0.6) is 0 Å². The summed E-state index contributed by atoms with van der Waals surface area (Å²) in [6.07, 6.45) is 0.854. The van der Waals surface area contributed by atoms with Gasteiger partial charge >= 0.3 is 0 Å². The van der Waals surface area contributed by atoms with Crippen molar-refractivity contribution in [3.05, 3.63) is 52.3 Å². The molecule has 0 saturated heterocycles. The molecule has 1 N–H and O–H groups in total. The molecule has 0 bridgehead atoms. The van der Waals surface area contributed by atoms with Gasteiger partial charge in [0.1, 0.15) is 0 Å². The fourth-order valence-corrected chi connectivity index (χ4v) is 2.62. The summed E-state index contributed by atoms with van der Waals surface area (Å²) >= 11 is 0. The first-order valence-corrected chi connectivity index (χ1v) is 6.46. The van der Waals surface area contributed by atoms with Crippen LogP contribution in [-0.4, -0.2) is 18.4 Å². The zero-order chi connectivity index (χ0) is 13.3. The van der Waals surface area contributed by atoms with Crippen molar-refractivity contribution in [1.82, 2.24) is 9.97 Å². The van der Waals surface area contributed by atoms with E-state index in [1.54, 1.807) is 19.1 Å². The molecular weight excluding hydrogens is 259 g/mol. The monoisotopic (exact) mass is 268 g/mol. The molecule has 0 aliphatic heterocycles. The quantitative estimate of drug-likeness (QED) is 0.825. The van der Waals surface area contributed by atoms with Crippen molar-refractivity contribution in [2.45, 2.75) is 16.8 Å². The third-order valence-electron chi connectivity index (χ3n) is 2.35. The van der Waals surface area contributed by atoms with Gasteiger partial charge in [-0.15, -0.1) is 0 Å². The summed E-state index contributed by atoms with van der Waals surface area (Å²) < 4.78 is 37.6. The first-order chi connectivity index (χ1) is 8.43. The predicted molar refractivity (Wildman–Crippen MR) is 61.4 cm³/mol. The highest BCUT2D eigenvalue weighted by molar-refractivity contribution is 7.91. The van der Waals surface area contributed by atoms with Gasteiger partial charge in [-0.05, 0) is 19.1 Å². The highest BCUT2D eigenvalue weighted by Crippen LogP contribution is 2.19.